The Morgan fingerprint density at radius 3 is 2.25 bits per heavy atom. The van der Waals surface area contributed by atoms with Crippen LogP contribution in [0.15, 0.2) is 48.6 Å². The molecule has 1 rings (SSSR count). The van der Waals surface area contributed by atoms with E-state index >= 15 is 0 Å². The van der Waals surface area contributed by atoms with E-state index in [1.54, 1.807) is 19.9 Å². The molecule has 28 heavy (non-hydrogen) atoms. The van der Waals surface area contributed by atoms with Crippen molar-refractivity contribution in [1.29, 1.82) is 0 Å². The topological polar surface area (TPSA) is 113 Å². The smallest absolute Gasteiger partial charge is 0.336 e. The van der Waals surface area contributed by atoms with Gasteiger partial charge in [0.2, 0.25) is 0 Å². The predicted molar refractivity (Wildman–Crippen MR) is 104 cm³/mol. The van der Waals surface area contributed by atoms with Gasteiger partial charge in [-0.25, -0.2) is 9.59 Å². The Labute approximate surface area is 165 Å². The Bertz CT molecular complexity index is 678. The van der Waals surface area contributed by atoms with Crippen LogP contribution >= 0.6 is 0 Å². The molecule has 1 saturated carbocycles. The second-order valence-corrected chi connectivity index (χ2v) is 7.16. The largest absolute Gasteiger partial charge is 0.466 e. The average molecular weight is 394 g/mol. The molecule has 3 N–H and O–H groups in total. The first-order valence-corrected chi connectivity index (χ1v) is 8.96. The summed E-state index contributed by atoms with van der Waals surface area (Å²) in [5.74, 6) is -3.12. The van der Waals surface area contributed by atoms with Crippen molar-refractivity contribution < 1.29 is 34.4 Å². The van der Waals surface area contributed by atoms with Crippen molar-refractivity contribution in [2.75, 3.05) is 20.3 Å². The molecule has 7 heteroatoms. The third-order valence-electron chi connectivity index (χ3n) is 5.46. The van der Waals surface area contributed by atoms with Gasteiger partial charge in [-0.3, -0.25) is 0 Å². The predicted octanol–water partition coefficient (Wildman–Crippen LogP) is 1.30. The molecule has 0 amide bonds. The summed E-state index contributed by atoms with van der Waals surface area (Å²) in [6.07, 6.45) is 1.08. The highest BCUT2D eigenvalue weighted by molar-refractivity contribution is 5.90. The fourth-order valence-electron chi connectivity index (χ4n) is 3.82. The molecule has 0 aromatic carbocycles. The van der Waals surface area contributed by atoms with Gasteiger partial charge in [0.25, 0.3) is 0 Å². The quantitative estimate of drug-likeness (QED) is 0.323. The number of rotatable bonds is 8. The molecule has 0 saturated heterocycles. The zero-order valence-corrected chi connectivity index (χ0v) is 16.7. The van der Waals surface area contributed by atoms with E-state index in [1.165, 1.54) is 13.2 Å². The fraction of sp³-hybridized carbons (Fsp3) is 0.524. The molecular formula is C21H30O7. The fourth-order valence-corrected chi connectivity index (χ4v) is 3.82. The number of aliphatic hydroxyl groups is 3. The van der Waals surface area contributed by atoms with Gasteiger partial charge in [0.15, 0.2) is 0 Å². The van der Waals surface area contributed by atoms with Crippen molar-refractivity contribution in [1.82, 2.24) is 0 Å². The molecule has 0 unspecified atom stereocenters. The van der Waals surface area contributed by atoms with Crippen LogP contribution in [0.3, 0.4) is 0 Å². The monoisotopic (exact) mass is 394 g/mol. The molecule has 7 nitrogen and oxygen atoms in total. The second kappa shape index (κ2) is 9.82. The molecule has 1 aliphatic carbocycles. The number of esters is 2. The first-order chi connectivity index (χ1) is 13.1. The van der Waals surface area contributed by atoms with Gasteiger partial charge in [0.1, 0.15) is 6.10 Å². The Balaban J connectivity index is 3.42. The van der Waals surface area contributed by atoms with Crippen molar-refractivity contribution in [3.05, 3.63) is 48.6 Å². The maximum atomic E-state index is 12.4. The number of allylic oxidation sites excluding steroid dienone is 2. The van der Waals surface area contributed by atoms with Crippen LogP contribution in [0.2, 0.25) is 0 Å². The molecule has 1 aliphatic rings. The minimum absolute atomic E-state index is 0.0547. The lowest BCUT2D eigenvalue weighted by Crippen LogP contribution is -2.54. The van der Waals surface area contributed by atoms with Gasteiger partial charge < -0.3 is 24.8 Å². The van der Waals surface area contributed by atoms with Crippen LogP contribution in [0.25, 0.3) is 0 Å². The van der Waals surface area contributed by atoms with E-state index in [4.69, 9.17) is 9.47 Å². The van der Waals surface area contributed by atoms with Crippen LogP contribution in [0.1, 0.15) is 20.3 Å². The van der Waals surface area contributed by atoms with E-state index in [9.17, 15) is 24.9 Å². The van der Waals surface area contributed by atoms with Crippen molar-refractivity contribution in [3.63, 3.8) is 0 Å². The first kappa shape index (κ1) is 23.8. The molecule has 0 spiro atoms. The number of ether oxygens (including phenoxy) is 2. The van der Waals surface area contributed by atoms with Crippen LogP contribution in [0, 0.1) is 17.3 Å². The van der Waals surface area contributed by atoms with Gasteiger partial charge in [-0.05, 0) is 24.3 Å². The summed E-state index contributed by atoms with van der Waals surface area (Å²) in [5, 5.41) is 30.0. The van der Waals surface area contributed by atoms with Crippen LogP contribution < -0.4 is 0 Å². The molecule has 1 fully saturated rings. The lowest BCUT2D eigenvalue weighted by molar-refractivity contribution is -0.161. The molecule has 0 aliphatic heterocycles. The van der Waals surface area contributed by atoms with Gasteiger partial charge >= 0.3 is 11.9 Å². The second-order valence-electron chi connectivity index (χ2n) is 7.16. The van der Waals surface area contributed by atoms with E-state index in [1.807, 2.05) is 0 Å². The number of aliphatic hydroxyl groups excluding tert-OH is 3. The standard InChI is InChI=1S/C21H30O7/c1-7-14(11-23)20(26)28-15-9-21(5,8-2)17(12(3)10-22)18(24)16(15)13(4)19(25)27-6/h7-8,15-18,22-24H,2-4,9-11H2,1,5-6H3/b14-7+/t15-,16+,17+,18-,21+/m0/s1. The minimum atomic E-state index is -1.23. The van der Waals surface area contributed by atoms with Crippen LogP contribution in [0.5, 0.6) is 0 Å². The number of hydrogen-bond donors (Lipinski definition) is 3. The van der Waals surface area contributed by atoms with Crippen molar-refractivity contribution in [2.45, 2.75) is 32.5 Å². The van der Waals surface area contributed by atoms with Gasteiger partial charge in [0, 0.05) is 11.5 Å². The number of carbonyl (C=O) groups is 2. The van der Waals surface area contributed by atoms with E-state index < -0.39 is 48.0 Å². The summed E-state index contributed by atoms with van der Waals surface area (Å²) in [4.78, 5) is 24.5. The van der Waals surface area contributed by atoms with Crippen LogP contribution in [-0.4, -0.2) is 59.8 Å². The molecule has 0 aromatic rings. The minimum Gasteiger partial charge on any atom is -0.466 e. The average Bonchev–Trinajstić information content (AvgIpc) is 2.67. The van der Waals surface area contributed by atoms with Crippen molar-refractivity contribution in [3.8, 4) is 0 Å². The summed E-state index contributed by atoms with van der Waals surface area (Å²) in [7, 11) is 1.19. The van der Waals surface area contributed by atoms with Crippen molar-refractivity contribution in [2.24, 2.45) is 17.3 Å². The lowest BCUT2D eigenvalue weighted by atomic mass is 9.58. The summed E-state index contributed by atoms with van der Waals surface area (Å²) < 4.78 is 10.3. The zero-order valence-electron chi connectivity index (χ0n) is 16.7. The summed E-state index contributed by atoms with van der Waals surface area (Å²) in [6.45, 7) is 13.9. The number of methoxy groups -OCH3 is 1. The number of carbonyl (C=O) groups excluding carboxylic acids is 2. The Morgan fingerprint density at radius 1 is 1.21 bits per heavy atom. The molecule has 0 radical (unpaired) electrons. The molecule has 0 bridgehead atoms. The molecule has 0 heterocycles. The van der Waals surface area contributed by atoms with Gasteiger partial charge in [-0.1, -0.05) is 32.2 Å². The SMILES string of the molecule is C=C[C@]1(C)C[C@H](OC(=O)/C(=C/C)CO)[C@@H](C(=C)C(=O)OC)[C@H](O)[C@H]1C(=C)CO. The Hall–Kier alpha value is -2.22. The highest BCUT2D eigenvalue weighted by Gasteiger charge is 2.53. The highest BCUT2D eigenvalue weighted by Crippen LogP contribution is 2.50. The van der Waals surface area contributed by atoms with E-state index in [0.717, 1.165) is 0 Å². The normalized spacial score (nSPS) is 30.3. The Morgan fingerprint density at radius 2 is 1.82 bits per heavy atom. The van der Waals surface area contributed by atoms with Crippen LogP contribution in [0.4, 0.5) is 0 Å². The highest BCUT2D eigenvalue weighted by atomic mass is 16.5. The maximum absolute atomic E-state index is 12.4. The number of hydrogen-bond acceptors (Lipinski definition) is 7. The third kappa shape index (κ3) is 4.60. The summed E-state index contributed by atoms with van der Waals surface area (Å²) >= 11 is 0. The van der Waals surface area contributed by atoms with Crippen LogP contribution in [-0.2, 0) is 19.1 Å². The lowest BCUT2D eigenvalue weighted by Gasteiger charge is -2.50. The summed E-state index contributed by atoms with van der Waals surface area (Å²) in [5.41, 5.74) is -0.404. The molecule has 0 aromatic heterocycles. The first-order valence-electron chi connectivity index (χ1n) is 8.96. The maximum Gasteiger partial charge on any atom is 0.336 e. The van der Waals surface area contributed by atoms with Gasteiger partial charge in [0.05, 0.1) is 37.9 Å². The molecule has 156 valence electrons. The third-order valence-corrected chi connectivity index (χ3v) is 5.46. The molecule has 5 atom stereocenters. The molecular weight excluding hydrogens is 364 g/mol. The summed E-state index contributed by atoms with van der Waals surface area (Å²) in [6, 6.07) is 0. The van der Waals surface area contributed by atoms with E-state index in [0.29, 0.717) is 5.57 Å². The zero-order chi connectivity index (χ0) is 21.6. The van der Waals surface area contributed by atoms with Gasteiger partial charge in [-0.15, -0.1) is 6.58 Å². The van der Waals surface area contributed by atoms with Gasteiger partial charge in [-0.2, -0.15) is 0 Å². The Kier molecular flexibility index (Phi) is 8.35. The van der Waals surface area contributed by atoms with E-state index in [2.05, 4.69) is 19.7 Å². The van der Waals surface area contributed by atoms with E-state index in [-0.39, 0.29) is 24.2 Å². The van der Waals surface area contributed by atoms with Crippen molar-refractivity contribution >= 4 is 11.9 Å².